The van der Waals surface area contributed by atoms with Crippen LogP contribution in [0.1, 0.15) is 17.3 Å². The van der Waals surface area contributed by atoms with Crippen LogP contribution in [0.5, 0.6) is 5.75 Å². The van der Waals surface area contributed by atoms with Gasteiger partial charge in [-0.2, -0.15) is 0 Å². The van der Waals surface area contributed by atoms with Gasteiger partial charge < -0.3 is 4.74 Å². The number of Topliss-reactive ketones (excluding diaryl/α,β-unsaturated/α-hetero) is 1. The molecule has 0 N–H and O–H groups in total. The van der Waals surface area contributed by atoms with Gasteiger partial charge in [-0.25, -0.2) is 0 Å². The van der Waals surface area contributed by atoms with Crippen molar-refractivity contribution in [3.05, 3.63) is 40.1 Å². The summed E-state index contributed by atoms with van der Waals surface area (Å²) < 4.78 is 4.86. The quantitative estimate of drug-likeness (QED) is 0.640. The van der Waals surface area contributed by atoms with Crippen LogP contribution in [0.3, 0.4) is 0 Å². The molecule has 0 heterocycles. The van der Waals surface area contributed by atoms with E-state index in [1.54, 1.807) is 18.2 Å². The summed E-state index contributed by atoms with van der Waals surface area (Å²) in [5.41, 5.74) is 0.0372. The van der Waals surface area contributed by atoms with Crippen LogP contribution in [0.15, 0.2) is 29.1 Å². The van der Waals surface area contributed by atoms with E-state index in [0.29, 0.717) is 5.56 Å². The summed E-state index contributed by atoms with van der Waals surface area (Å²) in [7, 11) is 1.38. The van der Waals surface area contributed by atoms with E-state index in [9.17, 15) is 9.59 Å². The Morgan fingerprint density at radius 1 is 1.31 bits per heavy atom. The Hall–Kier alpha value is -1.64. The highest BCUT2D eigenvalue weighted by Crippen LogP contribution is 2.11. The molecule has 3 heteroatoms. The maximum absolute atomic E-state index is 11.3. The molecule has 13 heavy (non-hydrogen) atoms. The van der Waals surface area contributed by atoms with E-state index in [-0.39, 0.29) is 17.0 Å². The molecule has 1 rings (SSSR count). The molecule has 0 fully saturated rings. The van der Waals surface area contributed by atoms with Gasteiger partial charge in [0.25, 0.3) is 0 Å². The summed E-state index contributed by atoms with van der Waals surface area (Å²) in [6.07, 6.45) is 0. The van der Waals surface area contributed by atoms with Crippen molar-refractivity contribution in [2.45, 2.75) is 6.92 Å². The van der Waals surface area contributed by atoms with Crippen LogP contribution in [0.25, 0.3) is 0 Å². The normalized spacial score (nSPS) is 9.38. The molecule has 3 nitrogen and oxygen atoms in total. The van der Waals surface area contributed by atoms with E-state index in [1.807, 2.05) is 0 Å². The zero-order chi connectivity index (χ0) is 9.84. The fourth-order valence-electron chi connectivity index (χ4n) is 1.07. The molecule has 0 aliphatic heterocycles. The Morgan fingerprint density at radius 2 is 1.92 bits per heavy atom. The average Bonchev–Trinajstić information content (AvgIpc) is 2.26. The van der Waals surface area contributed by atoms with Gasteiger partial charge in [-0.1, -0.05) is 12.1 Å². The molecule has 0 spiro atoms. The van der Waals surface area contributed by atoms with Crippen molar-refractivity contribution in [1.82, 2.24) is 0 Å². The summed E-state index contributed by atoms with van der Waals surface area (Å²) in [4.78, 5) is 22.4. The second kappa shape index (κ2) is 3.85. The molecule has 0 aliphatic carbocycles. The first-order valence-electron chi connectivity index (χ1n) is 3.85. The van der Waals surface area contributed by atoms with Gasteiger partial charge in [-0.3, -0.25) is 9.59 Å². The minimum absolute atomic E-state index is 0.109. The van der Waals surface area contributed by atoms with E-state index < -0.39 is 0 Å². The van der Waals surface area contributed by atoms with Crippen molar-refractivity contribution in [3.8, 4) is 5.75 Å². The lowest BCUT2D eigenvalue weighted by atomic mass is 10.2. The third kappa shape index (κ3) is 1.93. The molecule has 0 aromatic heterocycles. The van der Waals surface area contributed by atoms with Gasteiger partial charge in [0.1, 0.15) is 0 Å². The summed E-state index contributed by atoms with van der Waals surface area (Å²) in [6, 6.07) is 6.16. The molecule has 68 valence electrons. The van der Waals surface area contributed by atoms with Gasteiger partial charge in [0.15, 0.2) is 11.5 Å². The summed E-state index contributed by atoms with van der Waals surface area (Å²) in [5.74, 6) is -0.0670. The molecule has 0 unspecified atom stereocenters. The van der Waals surface area contributed by atoms with Gasteiger partial charge in [0, 0.05) is 0 Å². The Morgan fingerprint density at radius 3 is 2.46 bits per heavy atom. The van der Waals surface area contributed by atoms with Crippen molar-refractivity contribution in [3.63, 3.8) is 0 Å². The number of carbonyl (C=O) groups excluding carboxylic acids is 1. The molecule has 0 bridgehead atoms. The molecular weight excluding hydrogens is 168 g/mol. The van der Waals surface area contributed by atoms with Crippen molar-refractivity contribution >= 4 is 5.78 Å². The lowest BCUT2D eigenvalue weighted by Gasteiger charge is -1.99. The number of ketones is 1. The van der Waals surface area contributed by atoms with E-state index >= 15 is 0 Å². The monoisotopic (exact) mass is 178 g/mol. The highest BCUT2D eigenvalue weighted by Gasteiger charge is 2.08. The highest BCUT2D eigenvalue weighted by molar-refractivity contribution is 5.96. The number of hydrogen-bond acceptors (Lipinski definition) is 3. The number of hydrogen-bond donors (Lipinski definition) is 0. The van der Waals surface area contributed by atoms with Crippen LogP contribution in [-0.2, 0) is 0 Å². The fourth-order valence-corrected chi connectivity index (χ4v) is 1.07. The van der Waals surface area contributed by atoms with Gasteiger partial charge >= 0.3 is 0 Å². The van der Waals surface area contributed by atoms with Gasteiger partial charge in [0.05, 0.1) is 12.7 Å². The van der Waals surface area contributed by atoms with E-state index in [1.165, 1.54) is 20.1 Å². The van der Waals surface area contributed by atoms with Crippen LogP contribution < -0.4 is 10.2 Å². The van der Waals surface area contributed by atoms with Crippen LogP contribution >= 0.6 is 0 Å². The van der Waals surface area contributed by atoms with Crippen molar-refractivity contribution < 1.29 is 9.53 Å². The first-order chi connectivity index (χ1) is 6.16. The molecule has 1 aromatic carbocycles. The third-order valence-corrected chi connectivity index (χ3v) is 1.67. The largest absolute Gasteiger partial charge is 0.492 e. The zero-order valence-electron chi connectivity index (χ0n) is 7.53. The SMILES string of the molecule is COc1c(C(C)=O)ccccc1=O. The van der Waals surface area contributed by atoms with E-state index in [0.717, 1.165) is 0 Å². The number of carbonyl (C=O) groups is 1. The van der Waals surface area contributed by atoms with Gasteiger partial charge in [0.2, 0.25) is 5.43 Å². The van der Waals surface area contributed by atoms with E-state index in [4.69, 9.17) is 4.74 Å². The Balaban J connectivity index is 3.52. The summed E-state index contributed by atoms with van der Waals surface area (Å²) >= 11 is 0. The minimum atomic E-state index is -0.280. The smallest absolute Gasteiger partial charge is 0.221 e. The van der Waals surface area contributed by atoms with Crippen molar-refractivity contribution in [2.24, 2.45) is 0 Å². The Labute approximate surface area is 76.0 Å². The molecule has 0 amide bonds. The van der Waals surface area contributed by atoms with Gasteiger partial charge in [-0.15, -0.1) is 0 Å². The molecule has 1 aromatic rings. The lowest BCUT2D eigenvalue weighted by molar-refractivity contribution is 0.101. The predicted octanol–water partition coefficient (Wildman–Crippen LogP) is 1.26. The van der Waals surface area contributed by atoms with Crippen molar-refractivity contribution in [1.29, 1.82) is 0 Å². The Kier molecular flexibility index (Phi) is 2.80. The standard InChI is InChI=1S/C10H10O3/c1-7(11)8-5-3-4-6-9(12)10(8)13-2/h3-6H,1-2H3. The highest BCUT2D eigenvalue weighted by atomic mass is 16.5. The third-order valence-electron chi connectivity index (χ3n) is 1.67. The topological polar surface area (TPSA) is 43.4 Å². The molecule has 0 atom stereocenters. The van der Waals surface area contributed by atoms with E-state index in [2.05, 4.69) is 0 Å². The molecular formula is C10H10O3. The second-order valence-corrected chi connectivity index (χ2v) is 2.59. The van der Waals surface area contributed by atoms with Crippen molar-refractivity contribution in [2.75, 3.05) is 7.11 Å². The Bertz CT molecular complexity index is 382. The molecule has 0 saturated heterocycles. The fraction of sp³-hybridized carbons (Fsp3) is 0.200. The molecule has 0 aliphatic rings. The van der Waals surface area contributed by atoms with Crippen LogP contribution in [0, 0.1) is 0 Å². The maximum Gasteiger partial charge on any atom is 0.221 e. The first kappa shape index (κ1) is 9.45. The first-order valence-corrected chi connectivity index (χ1v) is 3.85. The van der Waals surface area contributed by atoms with Crippen LogP contribution in [0.2, 0.25) is 0 Å². The number of ether oxygens (including phenoxy) is 1. The van der Waals surface area contributed by atoms with Gasteiger partial charge in [-0.05, 0) is 19.1 Å². The van der Waals surface area contributed by atoms with Crippen LogP contribution in [-0.4, -0.2) is 12.9 Å². The lowest BCUT2D eigenvalue weighted by Crippen LogP contribution is -2.06. The molecule has 0 saturated carbocycles. The predicted molar refractivity (Wildman–Crippen MR) is 49.3 cm³/mol. The summed E-state index contributed by atoms with van der Waals surface area (Å²) in [5, 5.41) is 0. The number of methoxy groups -OCH3 is 1. The maximum atomic E-state index is 11.3. The number of rotatable bonds is 2. The van der Waals surface area contributed by atoms with Crippen LogP contribution in [0.4, 0.5) is 0 Å². The zero-order valence-corrected chi connectivity index (χ0v) is 7.53. The molecule has 0 radical (unpaired) electrons. The minimum Gasteiger partial charge on any atom is -0.492 e. The summed E-state index contributed by atoms with van der Waals surface area (Å²) in [6.45, 7) is 1.40. The average molecular weight is 178 g/mol. The second-order valence-electron chi connectivity index (χ2n) is 2.59.